The van der Waals surface area contributed by atoms with E-state index in [0.717, 1.165) is 0 Å². The van der Waals surface area contributed by atoms with Gasteiger partial charge in [0, 0.05) is 0 Å². The number of hydrogen-bond acceptors (Lipinski definition) is 0. The lowest BCUT2D eigenvalue weighted by Gasteiger charge is -2.19. The van der Waals surface area contributed by atoms with Crippen LogP contribution in [-0.2, 0) is 0 Å². The summed E-state index contributed by atoms with van der Waals surface area (Å²) in [6.07, 6.45) is 0. The van der Waals surface area contributed by atoms with Crippen molar-refractivity contribution in [1.82, 2.24) is 0 Å². The van der Waals surface area contributed by atoms with Crippen molar-refractivity contribution in [2.75, 3.05) is 0 Å². The summed E-state index contributed by atoms with van der Waals surface area (Å²) in [4.78, 5) is 0. The fraction of sp³-hybridized carbons (Fsp3) is 0.0588. The molecule has 0 fully saturated rings. The maximum atomic E-state index is 2.38. The van der Waals surface area contributed by atoms with Crippen LogP contribution in [0.15, 0.2) is 121 Å². The Bertz CT molecular complexity index is 1600. The van der Waals surface area contributed by atoms with Gasteiger partial charge in [0.15, 0.2) is 0 Å². The lowest BCUT2D eigenvalue weighted by Crippen LogP contribution is -1.92. The molecule has 0 nitrogen and oxygen atoms in total. The normalized spacial score (nSPS) is 11.2. The molecule has 0 heterocycles. The third-order valence-electron chi connectivity index (χ3n) is 6.96. The van der Waals surface area contributed by atoms with E-state index in [-0.39, 0.29) is 0 Å². The highest BCUT2D eigenvalue weighted by molar-refractivity contribution is 6.21. The molecule has 0 bridgehead atoms. The first-order chi connectivity index (χ1) is 16.7. The second kappa shape index (κ2) is 8.32. The van der Waals surface area contributed by atoms with Gasteiger partial charge in [-0.05, 0) is 86.0 Å². The average Bonchev–Trinajstić information content (AvgIpc) is 2.89. The Labute approximate surface area is 201 Å². The number of benzene rings is 6. The summed E-state index contributed by atoms with van der Waals surface area (Å²) in [6, 6.07) is 44.1. The van der Waals surface area contributed by atoms with Crippen molar-refractivity contribution in [3.8, 4) is 33.4 Å². The minimum atomic E-state index is 1.26. The Morgan fingerprint density at radius 3 is 1.41 bits per heavy atom. The van der Waals surface area contributed by atoms with E-state index in [0.29, 0.717) is 0 Å². The predicted octanol–water partition coefficient (Wildman–Crippen LogP) is 9.61. The molecule has 0 heteroatoms. The van der Waals surface area contributed by atoms with Gasteiger partial charge >= 0.3 is 0 Å². The zero-order chi connectivity index (χ0) is 23.1. The molecular formula is C34H26. The van der Waals surface area contributed by atoms with Gasteiger partial charge in [-0.1, -0.05) is 115 Å². The van der Waals surface area contributed by atoms with Crippen LogP contribution < -0.4 is 0 Å². The van der Waals surface area contributed by atoms with Gasteiger partial charge in [0.05, 0.1) is 0 Å². The molecule has 0 aliphatic carbocycles. The van der Waals surface area contributed by atoms with Crippen molar-refractivity contribution in [2.45, 2.75) is 13.8 Å². The molecule has 0 saturated carbocycles. The molecule has 0 N–H and O–H groups in total. The third-order valence-corrected chi connectivity index (χ3v) is 6.96. The second-order valence-electron chi connectivity index (χ2n) is 9.05. The van der Waals surface area contributed by atoms with E-state index < -0.39 is 0 Å². The number of aryl methyl sites for hydroxylation is 2. The first-order valence-electron chi connectivity index (χ1n) is 11.9. The number of rotatable bonds is 3. The zero-order valence-corrected chi connectivity index (χ0v) is 19.5. The molecule has 6 aromatic rings. The fourth-order valence-electron chi connectivity index (χ4n) is 5.30. The zero-order valence-electron chi connectivity index (χ0n) is 19.5. The Morgan fingerprint density at radius 1 is 0.353 bits per heavy atom. The van der Waals surface area contributed by atoms with Gasteiger partial charge < -0.3 is 0 Å². The molecule has 0 aromatic heterocycles. The van der Waals surface area contributed by atoms with Crippen LogP contribution in [0.5, 0.6) is 0 Å². The molecule has 0 radical (unpaired) electrons. The minimum Gasteiger partial charge on any atom is -0.0622 e. The SMILES string of the molecule is Cc1ccccc1-c1cc(-c2c3ccccc3c(-c3ccccc3)c3ccccc23)ccc1C. The summed E-state index contributed by atoms with van der Waals surface area (Å²) >= 11 is 0. The first kappa shape index (κ1) is 20.4. The summed E-state index contributed by atoms with van der Waals surface area (Å²) in [6.45, 7) is 4.40. The van der Waals surface area contributed by atoms with E-state index >= 15 is 0 Å². The lowest BCUT2D eigenvalue weighted by atomic mass is 9.84. The van der Waals surface area contributed by atoms with Crippen molar-refractivity contribution >= 4 is 21.5 Å². The van der Waals surface area contributed by atoms with E-state index in [2.05, 4.69) is 135 Å². The average molecular weight is 435 g/mol. The quantitative estimate of drug-likeness (QED) is 0.243. The molecule has 34 heavy (non-hydrogen) atoms. The maximum Gasteiger partial charge on any atom is -0.00262 e. The highest BCUT2D eigenvalue weighted by Crippen LogP contribution is 2.44. The van der Waals surface area contributed by atoms with E-state index in [1.54, 1.807) is 0 Å². The minimum absolute atomic E-state index is 1.26. The largest absolute Gasteiger partial charge is 0.0622 e. The first-order valence-corrected chi connectivity index (χ1v) is 11.9. The van der Waals surface area contributed by atoms with Crippen LogP contribution in [0.2, 0.25) is 0 Å². The molecule has 6 aromatic carbocycles. The Morgan fingerprint density at radius 2 is 0.824 bits per heavy atom. The molecule has 0 atom stereocenters. The molecular weight excluding hydrogens is 408 g/mol. The fourth-order valence-corrected chi connectivity index (χ4v) is 5.30. The van der Waals surface area contributed by atoms with Gasteiger partial charge in [-0.3, -0.25) is 0 Å². The van der Waals surface area contributed by atoms with Crippen molar-refractivity contribution in [3.63, 3.8) is 0 Å². The van der Waals surface area contributed by atoms with E-state index in [1.165, 1.54) is 66.1 Å². The molecule has 162 valence electrons. The molecule has 6 rings (SSSR count). The lowest BCUT2D eigenvalue weighted by molar-refractivity contribution is 1.41. The highest BCUT2D eigenvalue weighted by atomic mass is 14.2. The van der Waals surface area contributed by atoms with Crippen LogP contribution >= 0.6 is 0 Å². The highest BCUT2D eigenvalue weighted by Gasteiger charge is 2.17. The summed E-state index contributed by atoms with van der Waals surface area (Å²) in [5.74, 6) is 0. The standard InChI is InChI=1S/C34H26/c1-23-12-6-7-15-27(23)32-22-26(21-20-24(32)2)34-30-18-10-8-16-28(30)33(25-13-4-3-5-14-25)29-17-9-11-19-31(29)34/h3-22H,1-2H3. The Kier molecular flexibility index (Phi) is 5.00. The summed E-state index contributed by atoms with van der Waals surface area (Å²) < 4.78 is 0. The van der Waals surface area contributed by atoms with Crippen LogP contribution in [0.25, 0.3) is 54.9 Å². The van der Waals surface area contributed by atoms with Gasteiger partial charge in [-0.2, -0.15) is 0 Å². The molecule has 0 aliphatic rings. The van der Waals surface area contributed by atoms with Crippen LogP contribution in [0.1, 0.15) is 11.1 Å². The van der Waals surface area contributed by atoms with Gasteiger partial charge in [0.2, 0.25) is 0 Å². The predicted molar refractivity (Wildman–Crippen MR) is 147 cm³/mol. The number of hydrogen-bond donors (Lipinski definition) is 0. The van der Waals surface area contributed by atoms with Crippen molar-refractivity contribution in [2.24, 2.45) is 0 Å². The topological polar surface area (TPSA) is 0 Å². The van der Waals surface area contributed by atoms with Gasteiger partial charge in [0.1, 0.15) is 0 Å². The monoisotopic (exact) mass is 434 g/mol. The van der Waals surface area contributed by atoms with Crippen molar-refractivity contribution in [3.05, 3.63) is 132 Å². The summed E-state index contributed by atoms with van der Waals surface area (Å²) in [5.41, 5.74) is 10.3. The summed E-state index contributed by atoms with van der Waals surface area (Å²) in [5, 5.41) is 5.17. The van der Waals surface area contributed by atoms with Crippen LogP contribution in [0, 0.1) is 13.8 Å². The van der Waals surface area contributed by atoms with Gasteiger partial charge in [-0.15, -0.1) is 0 Å². The maximum absolute atomic E-state index is 2.38. The smallest absolute Gasteiger partial charge is 0.00262 e. The number of fused-ring (bicyclic) bond motifs is 2. The molecule has 0 aliphatic heterocycles. The Balaban J connectivity index is 1.72. The molecule has 0 amide bonds. The van der Waals surface area contributed by atoms with Crippen molar-refractivity contribution < 1.29 is 0 Å². The van der Waals surface area contributed by atoms with Crippen LogP contribution in [0.3, 0.4) is 0 Å². The van der Waals surface area contributed by atoms with Gasteiger partial charge in [0.25, 0.3) is 0 Å². The van der Waals surface area contributed by atoms with Crippen LogP contribution in [0.4, 0.5) is 0 Å². The van der Waals surface area contributed by atoms with Gasteiger partial charge in [-0.25, -0.2) is 0 Å². The molecule has 0 unspecified atom stereocenters. The Hall–Kier alpha value is -4.16. The van der Waals surface area contributed by atoms with Crippen LogP contribution in [-0.4, -0.2) is 0 Å². The van der Waals surface area contributed by atoms with E-state index in [1.807, 2.05) is 0 Å². The second-order valence-corrected chi connectivity index (χ2v) is 9.05. The van der Waals surface area contributed by atoms with E-state index in [9.17, 15) is 0 Å². The molecule has 0 saturated heterocycles. The van der Waals surface area contributed by atoms with Crippen molar-refractivity contribution in [1.29, 1.82) is 0 Å². The van der Waals surface area contributed by atoms with E-state index in [4.69, 9.17) is 0 Å². The third kappa shape index (κ3) is 3.31. The molecule has 0 spiro atoms. The summed E-state index contributed by atoms with van der Waals surface area (Å²) in [7, 11) is 0.